The Morgan fingerprint density at radius 1 is 1.06 bits per heavy atom. The van der Waals surface area contributed by atoms with E-state index in [0.29, 0.717) is 11.3 Å². The molecule has 172 valence electrons. The summed E-state index contributed by atoms with van der Waals surface area (Å²) < 4.78 is 38.6. The van der Waals surface area contributed by atoms with Gasteiger partial charge in [-0.2, -0.15) is 0 Å². The van der Waals surface area contributed by atoms with Gasteiger partial charge in [0.1, 0.15) is 12.4 Å². The monoisotopic (exact) mass is 448 g/mol. The number of alkyl halides is 2. The molecule has 0 radical (unpaired) electrons. The van der Waals surface area contributed by atoms with E-state index in [1.165, 1.54) is 24.3 Å². The molecule has 1 amide bonds. The summed E-state index contributed by atoms with van der Waals surface area (Å²) in [6, 6.07) is 14.3. The Kier molecular flexibility index (Phi) is 8.51. The molecule has 1 unspecified atom stereocenters. The van der Waals surface area contributed by atoms with Gasteiger partial charge in [-0.25, -0.2) is 23.4 Å². The molecular formula is C22H26F2N4O4. The number of halogens is 2. The second-order valence-electron chi connectivity index (χ2n) is 7.48. The normalized spacial score (nSPS) is 12.7. The van der Waals surface area contributed by atoms with Gasteiger partial charge in [0.05, 0.1) is 5.69 Å². The van der Waals surface area contributed by atoms with Crippen molar-refractivity contribution in [1.29, 1.82) is 0 Å². The van der Waals surface area contributed by atoms with Gasteiger partial charge >= 0.3 is 12.1 Å². The zero-order valence-electron chi connectivity index (χ0n) is 17.8. The Balaban J connectivity index is 2.19. The van der Waals surface area contributed by atoms with E-state index in [0.717, 1.165) is 0 Å². The summed E-state index contributed by atoms with van der Waals surface area (Å²) in [5.74, 6) is -1.86. The number of ether oxygens (including phenoxy) is 2. The van der Waals surface area contributed by atoms with E-state index in [1.807, 2.05) is 5.32 Å². The molecule has 10 heteroatoms. The van der Waals surface area contributed by atoms with Crippen molar-refractivity contribution in [3.63, 3.8) is 0 Å². The van der Waals surface area contributed by atoms with Gasteiger partial charge in [-0.1, -0.05) is 44.2 Å². The third-order valence-electron chi connectivity index (χ3n) is 4.31. The van der Waals surface area contributed by atoms with E-state index in [9.17, 15) is 18.4 Å². The van der Waals surface area contributed by atoms with Gasteiger partial charge in [0.2, 0.25) is 5.54 Å². The number of amides is 1. The minimum Gasteiger partial charge on any atom is -0.445 e. The van der Waals surface area contributed by atoms with E-state index in [-0.39, 0.29) is 30.7 Å². The van der Waals surface area contributed by atoms with Crippen LogP contribution >= 0.6 is 0 Å². The van der Waals surface area contributed by atoms with Crippen LogP contribution in [0.15, 0.2) is 59.6 Å². The second-order valence-corrected chi connectivity index (χ2v) is 7.48. The number of guanidine groups is 1. The lowest BCUT2D eigenvalue weighted by molar-refractivity contribution is -0.150. The van der Waals surface area contributed by atoms with Crippen LogP contribution < -0.4 is 21.5 Å². The standard InChI is InChI=1S/C22H26F2N4O4/c1-14(2)12-22(18(23)24,28-21(30)31-13-15-6-4-3-5-7-15)19(29)32-17-10-8-16(9-11-17)27-20(25)26/h3-11,14,18H,12-13H2,1-2H3,(H,28,30)(H4,25,26,27). The maximum Gasteiger partial charge on any atom is 0.408 e. The summed E-state index contributed by atoms with van der Waals surface area (Å²) in [7, 11) is 0. The number of aliphatic imine (C=N–C) groups is 1. The Morgan fingerprint density at radius 2 is 1.69 bits per heavy atom. The molecule has 0 bridgehead atoms. The van der Waals surface area contributed by atoms with Crippen molar-refractivity contribution in [2.75, 3.05) is 0 Å². The zero-order valence-corrected chi connectivity index (χ0v) is 17.8. The van der Waals surface area contributed by atoms with Crippen molar-refractivity contribution in [2.24, 2.45) is 22.4 Å². The van der Waals surface area contributed by atoms with E-state index >= 15 is 0 Å². The Bertz CT molecular complexity index is 933. The Hall–Kier alpha value is -3.69. The predicted octanol–water partition coefficient (Wildman–Crippen LogP) is 3.47. The van der Waals surface area contributed by atoms with Crippen LogP contribution in [0.5, 0.6) is 5.75 Å². The summed E-state index contributed by atoms with van der Waals surface area (Å²) in [5.41, 5.74) is 9.04. The summed E-state index contributed by atoms with van der Waals surface area (Å²) in [6.07, 6.45) is -4.77. The van der Waals surface area contributed by atoms with Crippen molar-refractivity contribution in [1.82, 2.24) is 5.32 Å². The molecule has 2 rings (SSSR count). The van der Waals surface area contributed by atoms with Crippen LogP contribution in [0.1, 0.15) is 25.8 Å². The van der Waals surface area contributed by atoms with Crippen LogP contribution in [-0.4, -0.2) is 30.0 Å². The van der Waals surface area contributed by atoms with Crippen LogP contribution in [-0.2, 0) is 16.1 Å². The topological polar surface area (TPSA) is 129 Å². The lowest BCUT2D eigenvalue weighted by Gasteiger charge is -2.32. The maximum atomic E-state index is 14.2. The van der Waals surface area contributed by atoms with Gasteiger partial charge in [-0.15, -0.1) is 0 Å². The highest BCUT2D eigenvalue weighted by molar-refractivity contribution is 5.88. The number of hydrogen-bond donors (Lipinski definition) is 3. The maximum absolute atomic E-state index is 14.2. The van der Waals surface area contributed by atoms with Crippen molar-refractivity contribution in [2.45, 2.75) is 38.8 Å². The van der Waals surface area contributed by atoms with Gasteiger partial charge in [0.25, 0.3) is 6.43 Å². The van der Waals surface area contributed by atoms with Crippen molar-refractivity contribution >= 4 is 23.7 Å². The fourth-order valence-electron chi connectivity index (χ4n) is 2.94. The Morgan fingerprint density at radius 3 is 2.22 bits per heavy atom. The first kappa shape index (κ1) is 24.6. The molecule has 0 spiro atoms. The summed E-state index contributed by atoms with van der Waals surface area (Å²) in [6.45, 7) is 3.14. The first-order valence-corrected chi connectivity index (χ1v) is 9.81. The fraction of sp³-hybridized carbons (Fsp3) is 0.318. The van der Waals surface area contributed by atoms with E-state index in [4.69, 9.17) is 20.9 Å². The van der Waals surface area contributed by atoms with E-state index in [1.54, 1.807) is 44.2 Å². The number of nitrogens with zero attached hydrogens (tertiary/aromatic N) is 1. The molecule has 0 aliphatic rings. The largest absolute Gasteiger partial charge is 0.445 e. The minimum atomic E-state index is -3.25. The average molecular weight is 448 g/mol. The summed E-state index contributed by atoms with van der Waals surface area (Å²) in [5, 5.41) is 2.05. The van der Waals surface area contributed by atoms with Crippen molar-refractivity contribution < 1.29 is 27.8 Å². The minimum absolute atomic E-state index is 0.0159. The van der Waals surface area contributed by atoms with Crippen molar-refractivity contribution in [3.8, 4) is 5.75 Å². The number of alkyl carbamates (subject to hydrolysis) is 1. The number of esters is 1. The SMILES string of the molecule is CC(C)CC(NC(=O)OCc1ccccc1)(C(=O)Oc1ccc(N=C(N)N)cc1)C(F)F. The molecule has 2 aromatic rings. The lowest BCUT2D eigenvalue weighted by Crippen LogP contribution is -2.61. The molecule has 0 aromatic heterocycles. The highest BCUT2D eigenvalue weighted by atomic mass is 19.3. The molecule has 0 aliphatic heterocycles. The van der Waals surface area contributed by atoms with Gasteiger partial charge in [-0.3, -0.25) is 0 Å². The highest BCUT2D eigenvalue weighted by Crippen LogP contribution is 2.28. The second kappa shape index (κ2) is 11.1. The van der Waals surface area contributed by atoms with E-state index in [2.05, 4.69) is 4.99 Å². The molecule has 2 aromatic carbocycles. The van der Waals surface area contributed by atoms with E-state index < -0.39 is 24.0 Å². The van der Waals surface area contributed by atoms with Gasteiger partial charge < -0.3 is 26.3 Å². The summed E-state index contributed by atoms with van der Waals surface area (Å²) >= 11 is 0. The molecular weight excluding hydrogens is 422 g/mol. The van der Waals surface area contributed by atoms with Gasteiger partial charge in [-0.05, 0) is 42.2 Å². The van der Waals surface area contributed by atoms with Gasteiger partial charge in [0, 0.05) is 0 Å². The third kappa shape index (κ3) is 6.93. The lowest BCUT2D eigenvalue weighted by atomic mass is 9.89. The predicted molar refractivity (Wildman–Crippen MR) is 115 cm³/mol. The molecule has 32 heavy (non-hydrogen) atoms. The highest BCUT2D eigenvalue weighted by Gasteiger charge is 2.51. The molecule has 0 aliphatic carbocycles. The van der Waals surface area contributed by atoms with Crippen LogP contribution in [0.25, 0.3) is 0 Å². The fourth-order valence-corrected chi connectivity index (χ4v) is 2.94. The number of benzene rings is 2. The molecule has 0 heterocycles. The zero-order chi connectivity index (χ0) is 23.7. The number of carbonyl (C=O) groups is 2. The number of carbonyl (C=O) groups excluding carboxylic acids is 2. The first-order chi connectivity index (χ1) is 15.1. The van der Waals surface area contributed by atoms with Crippen LogP contribution in [0.3, 0.4) is 0 Å². The molecule has 0 saturated heterocycles. The quantitative estimate of drug-likeness (QED) is 0.233. The smallest absolute Gasteiger partial charge is 0.408 e. The van der Waals surface area contributed by atoms with Crippen molar-refractivity contribution in [3.05, 3.63) is 60.2 Å². The molecule has 1 atom stereocenters. The Labute approximate surface area is 184 Å². The molecule has 8 nitrogen and oxygen atoms in total. The van der Waals surface area contributed by atoms with Crippen LogP contribution in [0.4, 0.5) is 19.3 Å². The average Bonchev–Trinajstić information content (AvgIpc) is 2.73. The van der Waals surface area contributed by atoms with Crippen LogP contribution in [0.2, 0.25) is 0 Å². The number of nitrogens with two attached hydrogens (primary N) is 2. The molecule has 0 fully saturated rings. The first-order valence-electron chi connectivity index (χ1n) is 9.81. The van der Waals surface area contributed by atoms with Crippen LogP contribution in [0, 0.1) is 5.92 Å². The van der Waals surface area contributed by atoms with Gasteiger partial charge in [0.15, 0.2) is 5.96 Å². The molecule has 0 saturated carbocycles. The number of nitrogens with one attached hydrogen (secondary N) is 1. The number of rotatable bonds is 9. The molecule has 5 N–H and O–H groups in total. The number of hydrogen-bond acceptors (Lipinski definition) is 5. The summed E-state index contributed by atoms with van der Waals surface area (Å²) in [4.78, 5) is 29.0. The third-order valence-corrected chi connectivity index (χ3v) is 4.31.